The number of nitrogens with one attached hydrogen (secondary N) is 1. The Labute approximate surface area is 145 Å². The van der Waals surface area contributed by atoms with Crippen LogP contribution < -0.4 is 5.14 Å². The van der Waals surface area contributed by atoms with Crippen LogP contribution >= 0.6 is 0 Å². The molecule has 1 aromatic carbocycles. The smallest absolute Gasteiger partial charge is 0.204 e. The van der Waals surface area contributed by atoms with Gasteiger partial charge in [0.25, 0.3) is 0 Å². The summed E-state index contributed by atoms with van der Waals surface area (Å²) < 4.78 is 17.6. The summed E-state index contributed by atoms with van der Waals surface area (Å²) >= 11 is -2.36. The number of hydrogen-bond donors (Lipinski definition) is 2. The number of nitrogens with two attached hydrogens (primary N) is 1. The maximum Gasteiger partial charge on any atom is 0.204 e. The highest BCUT2D eigenvalue weighted by Gasteiger charge is 2.07. The molecule has 0 spiro atoms. The van der Waals surface area contributed by atoms with E-state index >= 15 is 0 Å². The summed E-state index contributed by atoms with van der Waals surface area (Å²) in [6.07, 6.45) is 10.4. The normalized spacial score (nSPS) is 11.6. The third-order valence-corrected chi connectivity index (χ3v) is 3.65. The van der Waals surface area contributed by atoms with Crippen LogP contribution in [0.1, 0.15) is 57.4 Å². The highest BCUT2D eigenvalue weighted by atomic mass is 32.2. The summed E-state index contributed by atoms with van der Waals surface area (Å²) in [5, 5.41) is 18.3. The number of nitrogens with zero attached hydrogens (tertiary/aromatic N) is 3. The Morgan fingerprint density at radius 3 is 2.38 bits per heavy atom. The van der Waals surface area contributed by atoms with Crippen LogP contribution in [0.4, 0.5) is 0 Å². The van der Waals surface area contributed by atoms with E-state index in [9.17, 15) is 0 Å². The molecular weight excluding hydrogens is 326 g/mol. The Bertz CT molecular complexity index is 574. The lowest BCUT2D eigenvalue weighted by Crippen LogP contribution is -1.97. The molecule has 7 nitrogen and oxygen atoms in total. The van der Waals surface area contributed by atoms with Gasteiger partial charge in [0.2, 0.25) is 5.82 Å². The Morgan fingerprint density at radius 2 is 1.75 bits per heavy atom. The van der Waals surface area contributed by atoms with Crippen molar-refractivity contribution >= 4 is 11.3 Å². The van der Waals surface area contributed by atoms with Gasteiger partial charge in [0.05, 0.1) is 0 Å². The van der Waals surface area contributed by atoms with Gasteiger partial charge in [-0.15, -0.1) is 10.2 Å². The summed E-state index contributed by atoms with van der Waals surface area (Å²) in [7, 11) is 0. The maximum atomic E-state index is 8.78. The summed E-state index contributed by atoms with van der Waals surface area (Å²) in [6, 6.07) is 8.35. The molecule has 1 aromatic heterocycles. The number of aromatic nitrogens is 4. The molecule has 8 heteroatoms. The molecule has 1 unspecified atom stereocenters. The van der Waals surface area contributed by atoms with Gasteiger partial charge in [-0.1, -0.05) is 69.7 Å². The zero-order valence-electron chi connectivity index (χ0n) is 14.1. The van der Waals surface area contributed by atoms with Crippen molar-refractivity contribution in [2.75, 3.05) is 0 Å². The van der Waals surface area contributed by atoms with E-state index in [1.165, 1.54) is 50.5 Å². The number of benzene rings is 1. The third kappa shape index (κ3) is 8.85. The maximum absolute atomic E-state index is 8.78. The molecular formula is C16H26N5O2S-. The standard InChI is InChI=1S/C16H24N4.H3NO2S/c1-2-3-4-5-6-7-8-11-14-12-9-10-13-15(14)16-17-19-20-18-16;1-4(2)3/h9-10,12-13H,2-8,11H2,1H3,(H,17,18,19,20);1H2,(H,2,3)/p-1. The van der Waals surface area contributed by atoms with E-state index in [0.717, 1.165) is 12.0 Å². The summed E-state index contributed by atoms with van der Waals surface area (Å²) in [6.45, 7) is 2.26. The van der Waals surface area contributed by atoms with Gasteiger partial charge >= 0.3 is 0 Å². The minimum absolute atomic E-state index is 0.698. The van der Waals surface area contributed by atoms with E-state index in [2.05, 4.69) is 50.9 Å². The van der Waals surface area contributed by atoms with E-state index in [0.29, 0.717) is 5.82 Å². The summed E-state index contributed by atoms with van der Waals surface area (Å²) in [5.41, 5.74) is 2.43. The van der Waals surface area contributed by atoms with E-state index in [-0.39, 0.29) is 0 Å². The van der Waals surface area contributed by atoms with Gasteiger partial charge in [0.15, 0.2) is 0 Å². The fraction of sp³-hybridized carbons (Fsp3) is 0.562. The Hall–Kier alpha value is -1.64. The van der Waals surface area contributed by atoms with Gasteiger partial charge in [-0.3, -0.25) is 9.35 Å². The molecule has 24 heavy (non-hydrogen) atoms. The average Bonchev–Trinajstić information content (AvgIpc) is 3.08. The summed E-state index contributed by atoms with van der Waals surface area (Å²) in [5.74, 6) is 0.698. The molecule has 0 aliphatic carbocycles. The zero-order chi connectivity index (χ0) is 17.6. The van der Waals surface area contributed by atoms with Crippen molar-refractivity contribution < 1.29 is 8.76 Å². The number of aryl methyl sites for hydroxylation is 1. The fourth-order valence-corrected chi connectivity index (χ4v) is 2.50. The molecule has 0 saturated carbocycles. The van der Waals surface area contributed by atoms with Crippen LogP contribution in [-0.4, -0.2) is 29.4 Å². The first kappa shape index (κ1) is 20.4. The molecule has 1 heterocycles. The van der Waals surface area contributed by atoms with Crippen LogP contribution in [-0.2, 0) is 17.7 Å². The van der Waals surface area contributed by atoms with Crippen LogP contribution in [0.25, 0.3) is 11.4 Å². The van der Waals surface area contributed by atoms with E-state index in [4.69, 9.17) is 8.76 Å². The highest BCUT2D eigenvalue weighted by molar-refractivity contribution is 7.76. The lowest BCUT2D eigenvalue weighted by Gasteiger charge is -2.06. The van der Waals surface area contributed by atoms with Gasteiger partial charge in [-0.05, 0) is 23.6 Å². The van der Waals surface area contributed by atoms with E-state index < -0.39 is 11.3 Å². The summed E-state index contributed by atoms with van der Waals surface area (Å²) in [4.78, 5) is 0. The number of rotatable bonds is 9. The molecule has 0 fully saturated rings. The molecule has 3 N–H and O–H groups in total. The molecule has 0 aliphatic rings. The molecule has 0 aliphatic heterocycles. The third-order valence-electron chi connectivity index (χ3n) is 3.65. The molecule has 0 amide bonds. The number of aromatic amines is 1. The Kier molecular flexibility index (Phi) is 10.8. The van der Waals surface area contributed by atoms with Gasteiger partial charge in [0, 0.05) is 16.8 Å². The number of hydrogen-bond acceptors (Lipinski definition) is 5. The molecule has 134 valence electrons. The molecule has 0 radical (unpaired) electrons. The molecule has 0 bridgehead atoms. The Morgan fingerprint density at radius 1 is 1.12 bits per heavy atom. The van der Waals surface area contributed by atoms with E-state index in [1.54, 1.807) is 0 Å². The lowest BCUT2D eigenvalue weighted by molar-refractivity contribution is 0.539. The van der Waals surface area contributed by atoms with Crippen molar-refractivity contribution in [1.82, 2.24) is 20.6 Å². The Balaban J connectivity index is 0.000000648. The van der Waals surface area contributed by atoms with Crippen LogP contribution in [0.5, 0.6) is 0 Å². The van der Waals surface area contributed by atoms with Crippen molar-refractivity contribution in [1.29, 1.82) is 0 Å². The quantitative estimate of drug-likeness (QED) is 0.531. The van der Waals surface area contributed by atoms with Crippen molar-refractivity contribution in [2.24, 2.45) is 5.14 Å². The van der Waals surface area contributed by atoms with Crippen molar-refractivity contribution in [3.63, 3.8) is 0 Å². The minimum Gasteiger partial charge on any atom is -0.760 e. The first-order valence-corrected chi connectivity index (χ1v) is 9.44. The van der Waals surface area contributed by atoms with Crippen molar-refractivity contribution in [2.45, 2.75) is 58.3 Å². The predicted octanol–water partition coefficient (Wildman–Crippen LogP) is 2.90. The van der Waals surface area contributed by atoms with Gasteiger partial charge < -0.3 is 4.55 Å². The van der Waals surface area contributed by atoms with Crippen LogP contribution in [0.3, 0.4) is 0 Å². The number of unbranched alkanes of at least 4 members (excludes halogenated alkanes) is 6. The minimum atomic E-state index is -2.36. The van der Waals surface area contributed by atoms with Gasteiger partial charge in [0.1, 0.15) is 0 Å². The second-order valence-corrected chi connectivity index (χ2v) is 6.05. The molecule has 1 atom stereocenters. The van der Waals surface area contributed by atoms with Crippen molar-refractivity contribution in [3.8, 4) is 11.4 Å². The lowest BCUT2D eigenvalue weighted by atomic mass is 10.00. The van der Waals surface area contributed by atoms with E-state index in [1.807, 2.05) is 6.07 Å². The predicted molar refractivity (Wildman–Crippen MR) is 94.4 cm³/mol. The molecule has 2 rings (SSSR count). The average molecular weight is 352 g/mol. The number of tetrazole rings is 1. The van der Waals surface area contributed by atoms with Crippen LogP contribution in [0.15, 0.2) is 24.3 Å². The SMILES string of the molecule is CCCCCCCCCc1ccccc1-c1nn[nH]n1.NS(=O)[O-]. The van der Waals surface area contributed by atoms with Crippen LogP contribution in [0.2, 0.25) is 0 Å². The molecule has 0 saturated heterocycles. The second kappa shape index (κ2) is 12.7. The van der Waals surface area contributed by atoms with Crippen LogP contribution in [0, 0.1) is 0 Å². The zero-order valence-corrected chi connectivity index (χ0v) is 14.9. The monoisotopic (exact) mass is 352 g/mol. The first-order chi connectivity index (χ1) is 11.6. The van der Waals surface area contributed by atoms with Gasteiger partial charge in [-0.25, -0.2) is 0 Å². The van der Waals surface area contributed by atoms with Crippen molar-refractivity contribution in [3.05, 3.63) is 29.8 Å². The topological polar surface area (TPSA) is 121 Å². The largest absolute Gasteiger partial charge is 0.760 e. The number of H-pyrrole nitrogens is 1. The molecule has 2 aromatic rings. The second-order valence-electron chi connectivity index (χ2n) is 5.52. The van der Waals surface area contributed by atoms with Gasteiger partial charge in [-0.2, -0.15) is 5.21 Å². The first-order valence-electron chi connectivity index (χ1n) is 8.30. The highest BCUT2D eigenvalue weighted by Crippen LogP contribution is 2.21. The fourth-order valence-electron chi connectivity index (χ4n) is 2.50.